The summed E-state index contributed by atoms with van der Waals surface area (Å²) in [6.07, 6.45) is 0.915. The summed E-state index contributed by atoms with van der Waals surface area (Å²) in [5.41, 5.74) is 1.17. The third-order valence-corrected chi connectivity index (χ3v) is 3.08. The normalized spacial score (nSPS) is 10.0. The van der Waals surface area contributed by atoms with E-state index in [1.165, 1.54) is 18.2 Å². The lowest BCUT2D eigenvalue weighted by molar-refractivity contribution is -0.124. The van der Waals surface area contributed by atoms with Gasteiger partial charge >= 0.3 is 0 Å². The Hall–Kier alpha value is -2.69. The van der Waals surface area contributed by atoms with Crippen molar-refractivity contribution in [2.24, 2.45) is 0 Å². The third-order valence-electron chi connectivity index (χ3n) is 3.08. The minimum atomic E-state index is -0.508. The standard InChI is InChI=1S/C17H17FN2O2/c18-14-8-4-5-9-15(14)20-17(22)12-19-16(21)11-10-13-6-2-1-3-7-13/h1-9H,10-12H2,(H,19,21)(H,20,22). The van der Waals surface area contributed by atoms with Crippen LogP contribution in [0.4, 0.5) is 10.1 Å². The van der Waals surface area contributed by atoms with Crippen molar-refractivity contribution in [2.75, 3.05) is 11.9 Å². The molecule has 0 aliphatic carbocycles. The number of para-hydroxylation sites is 1. The van der Waals surface area contributed by atoms with E-state index in [9.17, 15) is 14.0 Å². The molecule has 0 heterocycles. The Morgan fingerprint density at radius 3 is 2.32 bits per heavy atom. The predicted molar refractivity (Wildman–Crippen MR) is 82.8 cm³/mol. The van der Waals surface area contributed by atoms with Crippen LogP contribution in [0.5, 0.6) is 0 Å². The van der Waals surface area contributed by atoms with Crippen molar-refractivity contribution in [1.82, 2.24) is 5.32 Å². The van der Waals surface area contributed by atoms with Crippen LogP contribution in [-0.2, 0) is 16.0 Å². The molecule has 0 aliphatic rings. The van der Waals surface area contributed by atoms with Gasteiger partial charge in [-0.1, -0.05) is 42.5 Å². The summed E-state index contributed by atoms with van der Waals surface area (Å²) in [4.78, 5) is 23.3. The molecule has 0 bridgehead atoms. The van der Waals surface area contributed by atoms with E-state index in [1.807, 2.05) is 30.3 Å². The molecule has 0 unspecified atom stereocenters. The Labute approximate surface area is 128 Å². The number of rotatable bonds is 6. The summed E-state index contributed by atoms with van der Waals surface area (Å²) in [5, 5.41) is 4.93. The maximum absolute atomic E-state index is 13.4. The van der Waals surface area contributed by atoms with Gasteiger partial charge in [0.1, 0.15) is 5.82 Å². The fourth-order valence-corrected chi connectivity index (χ4v) is 1.93. The predicted octanol–water partition coefficient (Wildman–Crippen LogP) is 2.51. The molecule has 0 fully saturated rings. The van der Waals surface area contributed by atoms with Crippen LogP contribution in [0.1, 0.15) is 12.0 Å². The number of aryl methyl sites for hydroxylation is 1. The molecular formula is C17H17FN2O2. The van der Waals surface area contributed by atoms with Crippen LogP contribution in [0.15, 0.2) is 54.6 Å². The average molecular weight is 300 g/mol. The first-order chi connectivity index (χ1) is 10.6. The number of halogens is 1. The molecule has 0 aliphatic heterocycles. The molecule has 2 aromatic rings. The minimum absolute atomic E-state index is 0.103. The van der Waals surface area contributed by atoms with Gasteiger partial charge in [0.15, 0.2) is 0 Å². The van der Waals surface area contributed by atoms with Crippen molar-refractivity contribution in [3.8, 4) is 0 Å². The van der Waals surface area contributed by atoms with Crippen LogP contribution in [0, 0.1) is 5.82 Å². The number of carbonyl (C=O) groups excluding carboxylic acids is 2. The summed E-state index contributed by atoms with van der Waals surface area (Å²) >= 11 is 0. The molecular weight excluding hydrogens is 283 g/mol. The smallest absolute Gasteiger partial charge is 0.243 e. The maximum atomic E-state index is 13.4. The summed E-state index contributed by atoms with van der Waals surface area (Å²) in [7, 11) is 0. The topological polar surface area (TPSA) is 58.2 Å². The minimum Gasteiger partial charge on any atom is -0.347 e. The van der Waals surface area contributed by atoms with Crippen LogP contribution < -0.4 is 10.6 Å². The number of benzene rings is 2. The van der Waals surface area contributed by atoms with Gasteiger partial charge in [0.25, 0.3) is 0 Å². The summed E-state index contributed by atoms with van der Waals surface area (Å²) in [6.45, 7) is -0.179. The molecule has 22 heavy (non-hydrogen) atoms. The van der Waals surface area contributed by atoms with Crippen LogP contribution in [0.2, 0.25) is 0 Å². The van der Waals surface area contributed by atoms with Crippen LogP contribution in [-0.4, -0.2) is 18.4 Å². The van der Waals surface area contributed by atoms with Gasteiger partial charge < -0.3 is 10.6 Å². The molecule has 0 saturated heterocycles. The number of hydrogen-bond donors (Lipinski definition) is 2. The zero-order valence-corrected chi connectivity index (χ0v) is 12.0. The highest BCUT2D eigenvalue weighted by atomic mass is 19.1. The summed E-state index contributed by atoms with van der Waals surface area (Å²) in [6, 6.07) is 15.5. The molecule has 0 radical (unpaired) electrons. The van der Waals surface area contributed by atoms with E-state index >= 15 is 0 Å². The lowest BCUT2D eigenvalue weighted by Gasteiger charge is -2.07. The van der Waals surface area contributed by atoms with Gasteiger partial charge in [0.2, 0.25) is 11.8 Å². The lowest BCUT2D eigenvalue weighted by Crippen LogP contribution is -2.33. The average Bonchev–Trinajstić information content (AvgIpc) is 2.54. The van der Waals surface area contributed by atoms with Crippen molar-refractivity contribution >= 4 is 17.5 Å². The van der Waals surface area contributed by atoms with Gasteiger partial charge in [-0.3, -0.25) is 9.59 Å². The zero-order valence-electron chi connectivity index (χ0n) is 12.0. The van der Waals surface area contributed by atoms with Crippen molar-refractivity contribution in [2.45, 2.75) is 12.8 Å². The Balaban J connectivity index is 1.72. The molecule has 2 N–H and O–H groups in total. The van der Waals surface area contributed by atoms with Gasteiger partial charge in [0, 0.05) is 6.42 Å². The molecule has 4 nitrogen and oxygen atoms in total. The number of nitrogens with one attached hydrogen (secondary N) is 2. The van der Waals surface area contributed by atoms with E-state index in [0.717, 1.165) is 5.56 Å². The van der Waals surface area contributed by atoms with Crippen molar-refractivity contribution in [3.05, 3.63) is 66.0 Å². The third kappa shape index (κ3) is 5.01. The maximum Gasteiger partial charge on any atom is 0.243 e. The second-order valence-corrected chi connectivity index (χ2v) is 4.79. The van der Waals surface area contributed by atoms with E-state index in [-0.39, 0.29) is 18.1 Å². The van der Waals surface area contributed by atoms with E-state index in [0.29, 0.717) is 12.8 Å². The highest BCUT2D eigenvalue weighted by Crippen LogP contribution is 2.11. The van der Waals surface area contributed by atoms with Gasteiger partial charge in [-0.2, -0.15) is 0 Å². The number of carbonyl (C=O) groups is 2. The largest absolute Gasteiger partial charge is 0.347 e. The Kier molecular flexibility index (Phi) is 5.65. The van der Waals surface area contributed by atoms with Crippen LogP contribution in [0.3, 0.4) is 0 Å². The molecule has 5 heteroatoms. The molecule has 2 aromatic carbocycles. The molecule has 2 rings (SSSR count). The van der Waals surface area contributed by atoms with Crippen molar-refractivity contribution in [3.63, 3.8) is 0 Å². The van der Waals surface area contributed by atoms with Crippen molar-refractivity contribution < 1.29 is 14.0 Å². The second-order valence-electron chi connectivity index (χ2n) is 4.79. The highest BCUT2D eigenvalue weighted by molar-refractivity contribution is 5.94. The fraction of sp³-hybridized carbons (Fsp3) is 0.176. The van der Waals surface area contributed by atoms with E-state index in [1.54, 1.807) is 6.07 Å². The summed E-state index contributed by atoms with van der Waals surface area (Å²) < 4.78 is 13.4. The molecule has 0 aromatic heterocycles. The highest BCUT2D eigenvalue weighted by Gasteiger charge is 2.08. The van der Waals surface area contributed by atoms with Crippen molar-refractivity contribution in [1.29, 1.82) is 0 Å². The number of hydrogen-bond acceptors (Lipinski definition) is 2. The molecule has 0 saturated carbocycles. The Morgan fingerprint density at radius 1 is 0.909 bits per heavy atom. The number of amides is 2. The number of anilines is 1. The Bertz CT molecular complexity index is 644. The van der Waals surface area contributed by atoms with Gasteiger partial charge in [-0.15, -0.1) is 0 Å². The molecule has 2 amide bonds. The first kappa shape index (κ1) is 15.7. The van der Waals surface area contributed by atoms with Crippen LogP contribution >= 0.6 is 0 Å². The molecule has 0 spiro atoms. The Morgan fingerprint density at radius 2 is 1.59 bits per heavy atom. The van der Waals surface area contributed by atoms with Gasteiger partial charge in [-0.25, -0.2) is 4.39 Å². The molecule has 114 valence electrons. The SMILES string of the molecule is O=C(CCc1ccccc1)NCC(=O)Nc1ccccc1F. The fourth-order valence-electron chi connectivity index (χ4n) is 1.93. The molecule has 0 atom stereocenters. The first-order valence-corrected chi connectivity index (χ1v) is 7.00. The van der Waals surface area contributed by atoms with Gasteiger partial charge in [0.05, 0.1) is 12.2 Å². The first-order valence-electron chi connectivity index (χ1n) is 7.00. The summed E-state index contributed by atoms with van der Waals surface area (Å²) in [5.74, 6) is -1.18. The zero-order chi connectivity index (χ0) is 15.8. The quantitative estimate of drug-likeness (QED) is 0.861. The lowest BCUT2D eigenvalue weighted by atomic mass is 10.1. The second kappa shape index (κ2) is 7.93. The van der Waals surface area contributed by atoms with E-state index in [4.69, 9.17) is 0 Å². The van der Waals surface area contributed by atoms with E-state index in [2.05, 4.69) is 10.6 Å². The van der Waals surface area contributed by atoms with E-state index < -0.39 is 11.7 Å². The van der Waals surface area contributed by atoms with Gasteiger partial charge in [-0.05, 0) is 24.1 Å². The monoisotopic (exact) mass is 300 g/mol. The van der Waals surface area contributed by atoms with Crippen LogP contribution in [0.25, 0.3) is 0 Å².